The number of nitrogens with zero attached hydrogens (tertiary/aromatic N) is 2. The number of aromatic nitrogens is 2. The summed E-state index contributed by atoms with van der Waals surface area (Å²) in [5, 5.41) is 2.85. The highest BCUT2D eigenvalue weighted by molar-refractivity contribution is 9.10. The first-order valence-electron chi connectivity index (χ1n) is 7.09. The van der Waals surface area contributed by atoms with Crippen LogP contribution in [0.25, 0.3) is 0 Å². The summed E-state index contributed by atoms with van der Waals surface area (Å²) >= 11 is 3.38. The van der Waals surface area contributed by atoms with Gasteiger partial charge in [0.1, 0.15) is 5.75 Å². The zero-order valence-electron chi connectivity index (χ0n) is 13.4. The third kappa shape index (κ3) is 3.98. The molecule has 1 amide bonds. The van der Waals surface area contributed by atoms with Crippen LogP contribution < -0.4 is 14.8 Å². The van der Waals surface area contributed by atoms with Crippen LogP contribution in [0.5, 0.6) is 11.8 Å². The van der Waals surface area contributed by atoms with Gasteiger partial charge < -0.3 is 14.8 Å². The molecule has 1 N–H and O–H groups in total. The first-order chi connectivity index (χ1) is 11.0. The molecule has 0 spiro atoms. The molecule has 0 aliphatic rings. The van der Waals surface area contributed by atoms with E-state index in [1.165, 1.54) is 0 Å². The Morgan fingerprint density at radius 3 is 2.48 bits per heavy atom. The number of amides is 1. The monoisotopic (exact) mass is 379 g/mol. The lowest BCUT2D eigenvalue weighted by Gasteiger charge is -2.13. The molecule has 0 saturated heterocycles. The van der Waals surface area contributed by atoms with Crippen molar-refractivity contribution in [1.29, 1.82) is 0 Å². The topological polar surface area (TPSA) is 73.3 Å². The molecule has 1 aromatic carbocycles. The van der Waals surface area contributed by atoms with E-state index in [1.807, 2.05) is 6.92 Å². The highest BCUT2D eigenvalue weighted by Crippen LogP contribution is 2.25. The Bertz CT molecular complexity index is 712. The van der Waals surface area contributed by atoms with Crippen molar-refractivity contribution in [3.63, 3.8) is 0 Å². The van der Waals surface area contributed by atoms with E-state index in [2.05, 4.69) is 31.2 Å². The van der Waals surface area contributed by atoms with Gasteiger partial charge in [0.15, 0.2) is 0 Å². The van der Waals surface area contributed by atoms with Crippen LogP contribution in [0.1, 0.15) is 28.7 Å². The number of ether oxygens (including phenoxy) is 2. The largest absolute Gasteiger partial charge is 0.497 e. The molecule has 6 nitrogen and oxygen atoms in total. The van der Waals surface area contributed by atoms with Crippen molar-refractivity contribution >= 4 is 27.5 Å². The van der Waals surface area contributed by atoms with Gasteiger partial charge in [0.05, 0.1) is 36.4 Å². The Morgan fingerprint density at radius 2 is 1.91 bits per heavy atom. The molecule has 0 atom stereocenters. The van der Waals surface area contributed by atoms with Gasteiger partial charge in [-0.05, 0) is 54.9 Å². The molecule has 0 radical (unpaired) electrons. The van der Waals surface area contributed by atoms with E-state index in [4.69, 9.17) is 9.47 Å². The quantitative estimate of drug-likeness (QED) is 0.859. The van der Waals surface area contributed by atoms with Gasteiger partial charge in [-0.3, -0.25) is 4.79 Å². The van der Waals surface area contributed by atoms with Crippen molar-refractivity contribution < 1.29 is 14.3 Å². The summed E-state index contributed by atoms with van der Waals surface area (Å²) in [6.45, 7) is 5.95. The molecule has 2 rings (SSSR count). The Balaban J connectivity index is 2.30. The van der Waals surface area contributed by atoms with Gasteiger partial charge in [-0.1, -0.05) is 0 Å². The van der Waals surface area contributed by atoms with Crippen molar-refractivity contribution in [2.45, 2.75) is 20.8 Å². The molecule has 0 aliphatic carbocycles. The second-order valence-corrected chi connectivity index (χ2v) is 5.64. The smallest absolute Gasteiger partial charge is 0.316 e. The summed E-state index contributed by atoms with van der Waals surface area (Å²) in [6, 6.07) is 5.52. The zero-order chi connectivity index (χ0) is 17.0. The summed E-state index contributed by atoms with van der Waals surface area (Å²) in [6.07, 6.45) is 0. The molecular weight excluding hydrogens is 362 g/mol. The number of methoxy groups -OCH3 is 1. The number of nitrogens with one attached hydrogen (secondary N) is 1. The maximum absolute atomic E-state index is 12.5. The number of halogens is 1. The number of anilines is 1. The molecule has 0 saturated carbocycles. The van der Waals surface area contributed by atoms with E-state index in [-0.39, 0.29) is 5.91 Å². The predicted molar refractivity (Wildman–Crippen MR) is 91.3 cm³/mol. The van der Waals surface area contributed by atoms with E-state index in [1.54, 1.807) is 39.2 Å². The SMILES string of the molecule is CCOc1nc(C)c(NC(=O)c2cc(OC)ccc2Br)c(C)n1. The standard InChI is InChI=1S/C16H18BrN3O3/c1-5-23-16-18-9(2)14(10(3)19-16)20-15(21)12-8-11(22-4)6-7-13(12)17/h6-8H,5H2,1-4H3,(H,20,21). The van der Waals surface area contributed by atoms with E-state index in [0.29, 0.717) is 45.5 Å². The number of aryl methyl sites for hydroxylation is 2. The van der Waals surface area contributed by atoms with Gasteiger partial charge in [0, 0.05) is 4.47 Å². The van der Waals surface area contributed by atoms with Crippen LogP contribution in [0, 0.1) is 13.8 Å². The second-order valence-electron chi connectivity index (χ2n) is 4.78. The normalized spacial score (nSPS) is 10.3. The minimum absolute atomic E-state index is 0.269. The second kappa shape index (κ2) is 7.41. The molecule has 0 fully saturated rings. The molecular formula is C16H18BrN3O3. The summed E-state index contributed by atoms with van der Waals surface area (Å²) < 4.78 is 11.1. The lowest BCUT2D eigenvalue weighted by molar-refractivity contribution is 0.102. The third-order valence-electron chi connectivity index (χ3n) is 3.18. The minimum atomic E-state index is -0.269. The Labute approximate surface area is 143 Å². The number of benzene rings is 1. The molecule has 7 heteroatoms. The maximum Gasteiger partial charge on any atom is 0.316 e. The van der Waals surface area contributed by atoms with E-state index in [0.717, 1.165) is 0 Å². The van der Waals surface area contributed by atoms with Crippen LogP contribution in [0.3, 0.4) is 0 Å². The summed E-state index contributed by atoms with van der Waals surface area (Å²) in [5.41, 5.74) is 2.34. The average Bonchev–Trinajstić information content (AvgIpc) is 2.51. The molecule has 122 valence electrons. The van der Waals surface area contributed by atoms with Gasteiger partial charge in [-0.2, -0.15) is 9.97 Å². The maximum atomic E-state index is 12.5. The van der Waals surface area contributed by atoms with Gasteiger partial charge in [-0.25, -0.2) is 0 Å². The lowest BCUT2D eigenvalue weighted by Crippen LogP contribution is -2.16. The van der Waals surface area contributed by atoms with Crippen LogP contribution >= 0.6 is 15.9 Å². The van der Waals surface area contributed by atoms with E-state index in [9.17, 15) is 4.79 Å². The van der Waals surface area contributed by atoms with Crippen molar-refractivity contribution in [3.8, 4) is 11.8 Å². The Kier molecular flexibility index (Phi) is 5.54. The van der Waals surface area contributed by atoms with E-state index < -0.39 is 0 Å². The first-order valence-corrected chi connectivity index (χ1v) is 7.88. The summed E-state index contributed by atoms with van der Waals surface area (Å²) in [4.78, 5) is 21.0. The van der Waals surface area contributed by atoms with Gasteiger partial charge in [0.2, 0.25) is 0 Å². The predicted octanol–water partition coefficient (Wildman–Crippen LogP) is 3.52. The first kappa shape index (κ1) is 17.2. The zero-order valence-corrected chi connectivity index (χ0v) is 15.0. The van der Waals surface area contributed by atoms with Crippen molar-refractivity contribution in [1.82, 2.24) is 9.97 Å². The highest BCUT2D eigenvalue weighted by Gasteiger charge is 2.16. The van der Waals surface area contributed by atoms with Crippen LogP contribution in [-0.2, 0) is 0 Å². The fraction of sp³-hybridized carbons (Fsp3) is 0.312. The third-order valence-corrected chi connectivity index (χ3v) is 3.87. The molecule has 1 heterocycles. The molecule has 0 bridgehead atoms. The molecule has 23 heavy (non-hydrogen) atoms. The number of hydrogen-bond acceptors (Lipinski definition) is 5. The highest BCUT2D eigenvalue weighted by atomic mass is 79.9. The summed E-state index contributed by atoms with van der Waals surface area (Å²) in [7, 11) is 1.56. The lowest BCUT2D eigenvalue weighted by atomic mass is 10.2. The van der Waals surface area contributed by atoms with Gasteiger partial charge >= 0.3 is 6.01 Å². The number of rotatable bonds is 5. The number of carbonyl (C=O) groups is 1. The molecule has 1 aromatic heterocycles. The van der Waals surface area contributed by atoms with Gasteiger partial charge in [0.25, 0.3) is 5.91 Å². The van der Waals surface area contributed by atoms with Gasteiger partial charge in [-0.15, -0.1) is 0 Å². The fourth-order valence-electron chi connectivity index (χ4n) is 2.05. The molecule has 2 aromatic rings. The van der Waals surface area contributed by atoms with Crippen LogP contribution in [0.15, 0.2) is 22.7 Å². The van der Waals surface area contributed by atoms with Crippen molar-refractivity contribution in [3.05, 3.63) is 39.6 Å². The van der Waals surface area contributed by atoms with Crippen molar-refractivity contribution in [2.24, 2.45) is 0 Å². The van der Waals surface area contributed by atoms with E-state index >= 15 is 0 Å². The number of hydrogen-bond donors (Lipinski definition) is 1. The van der Waals surface area contributed by atoms with Crippen LogP contribution in [-0.4, -0.2) is 29.6 Å². The summed E-state index contributed by atoms with van der Waals surface area (Å²) in [5.74, 6) is 0.337. The minimum Gasteiger partial charge on any atom is -0.497 e. The van der Waals surface area contributed by atoms with Crippen molar-refractivity contribution in [2.75, 3.05) is 19.0 Å². The Morgan fingerprint density at radius 1 is 1.26 bits per heavy atom. The number of carbonyl (C=O) groups excluding carboxylic acids is 1. The average molecular weight is 380 g/mol. The fourth-order valence-corrected chi connectivity index (χ4v) is 2.47. The molecule has 0 aliphatic heterocycles. The van der Waals surface area contributed by atoms with Crippen LogP contribution in [0.2, 0.25) is 0 Å². The Hall–Kier alpha value is -2.15. The molecule has 0 unspecified atom stereocenters. The van der Waals surface area contributed by atoms with Crippen LogP contribution in [0.4, 0.5) is 5.69 Å².